The number of hydrogen-bond donors (Lipinski definition) is 1. The fourth-order valence-corrected chi connectivity index (χ4v) is 4.59. The third kappa shape index (κ3) is 4.23. The molecule has 3 aromatic rings. The number of halogens is 2. The van der Waals surface area contributed by atoms with Gasteiger partial charge in [-0.2, -0.15) is 0 Å². The van der Waals surface area contributed by atoms with Gasteiger partial charge in [0.2, 0.25) is 10.0 Å². The summed E-state index contributed by atoms with van der Waals surface area (Å²) in [7, 11) is -3.82. The van der Waals surface area contributed by atoms with Crippen molar-refractivity contribution in [1.82, 2.24) is 4.72 Å². The van der Waals surface area contributed by atoms with Crippen LogP contribution in [-0.4, -0.2) is 20.9 Å². The smallest absolute Gasteiger partial charge is 0.258 e. The number of rotatable bonds is 5. The first-order chi connectivity index (χ1) is 14.3. The average Bonchev–Trinajstić information content (AvgIpc) is 3.15. The molecule has 0 aliphatic carbocycles. The average molecular weight is 445 g/mol. The maximum absolute atomic E-state index is 13.3. The van der Waals surface area contributed by atoms with E-state index in [1.54, 1.807) is 35.2 Å². The minimum atomic E-state index is -3.82. The lowest BCUT2D eigenvalue weighted by Crippen LogP contribution is -2.28. The minimum Gasteiger partial charge on any atom is -0.308 e. The second-order valence-corrected chi connectivity index (χ2v) is 9.16. The maximum atomic E-state index is 13.3. The Hall–Kier alpha value is -2.74. The third-order valence-corrected chi connectivity index (χ3v) is 6.60. The molecule has 5 nitrogen and oxygen atoms in total. The molecule has 4 rings (SSSR count). The summed E-state index contributed by atoms with van der Waals surface area (Å²) < 4.78 is 40.6. The highest BCUT2D eigenvalue weighted by Crippen LogP contribution is 2.30. The van der Waals surface area contributed by atoms with Crippen molar-refractivity contribution in [1.29, 1.82) is 0 Å². The molecule has 1 aliphatic heterocycles. The molecule has 0 atom stereocenters. The Kier molecular flexibility index (Phi) is 5.60. The van der Waals surface area contributed by atoms with Gasteiger partial charge < -0.3 is 4.90 Å². The van der Waals surface area contributed by atoms with Gasteiger partial charge in [-0.15, -0.1) is 0 Å². The third-order valence-electron chi connectivity index (χ3n) is 4.95. The van der Waals surface area contributed by atoms with Crippen molar-refractivity contribution >= 4 is 33.2 Å². The van der Waals surface area contributed by atoms with Gasteiger partial charge in [0.1, 0.15) is 5.82 Å². The Morgan fingerprint density at radius 1 is 1.07 bits per heavy atom. The normalized spacial score (nSPS) is 13.3. The van der Waals surface area contributed by atoms with Crippen LogP contribution in [0.1, 0.15) is 21.5 Å². The molecule has 1 aliphatic rings. The Morgan fingerprint density at radius 3 is 2.57 bits per heavy atom. The molecule has 30 heavy (non-hydrogen) atoms. The summed E-state index contributed by atoms with van der Waals surface area (Å²) in [6, 6.07) is 17.1. The lowest BCUT2D eigenvalue weighted by atomic mass is 10.1. The second kappa shape index (κ2) is 8.18. The van der Waals surface area contributed by atoms with Gasteiger partial charge in [-0.3, -0.25) is 4.79 Å². The fraction of sp³-hybridized carbons (Fsp3) is 0.136. The quantitative estimate of drug-likeness (QED) is 0.642. The van der Waals surface area contributed by atoms with Crippen molar-refractivity contribution in [3.8, 4) is 0 Å². The molecule has 1 heterocycles. The monoisotopic (exact) mass is 444 g/mol. The summed E-state index contributed by atoms with van der Waals surface area (Å²) in [5.41, 5.74) is 3.10. The molecule has 0 spiro atoms. The molecule has 0 aromatic heterocycles. The van der Waals surface area contributed by atoms with Crippen molar-refractivity contribution in [2.45, 2.75) is 17.9 Å². The van der Waals surface area contributed by atoms with E-state index in [0.29, 0.717) is 23.6 Å². The zero-order valence-corrected chi connectivity index (χ0v) is 17.4. The molecule has 154 valence electrons. The van der Waals surface area contributed by atoms with E-state index in [1.807, 2.05) is 12.1 Å². The van der Waals surface area contributed by atoms with Crippen LogP contribution < -0.4 is 9.62 Å². The van der Waals surface area contributed by atoms with E-state index in [1.165, 1.54) is 18.2 Å². The number of fused-ring (bicyclic) bond motifs is 1. The van der Waals surface area contributed by atoms with E-state index in [0.717, 1.165) is 22.9 Å². The molecular formula is C22H18ClFN2O3S. The predicted molar refractivity (Wildman–Crippen MR) is 114 cm³/mol. The first-order valence-corrected chi connectivity index (χ1v) is 11.1. The van der Waals surface area contributed by atoms with Crippen LogP contribution in [0.4, 0.5) is 10.1 Å². The van der Waals surface area contributed by atoms with Gasteiger partial charge in [-0.25, -0.2) is 17.5 Å². The number of hydrogen-bond acceptors (Lipinski definition) is 3. The van der Waals surface area contributed by atoms with Crippen LogP contribution in [0.5, 0.6) is 0 Å². The number of amides is 1. The molecule has 0 radical (unpaired) electrons. The lowest BCUT2D eigenvalue weighted by molar-refractivity contribution is 0.0989. The number of nitrogens with one attached hydrogen (secondary N) is 1. The lowest BCUT2D eigenvalue weighted by Gasteiger charge is -2.18. The minimum absolute atomic E-state index is 0.0667. The Bertz CT molecular complexity index is 1210. The molecular weight excluding hydrogens is 427 g/mol. The Morgan fingerprint density at radius 2 is 1.83 bits per heavy atom. The topological polar surface area (TPSA) is 66.5 Å². The molecule has 1 amide bonds. The van der Waals surface area contributed by atoms with Crippen LogP contribution in [0, 0.1) is 5.82 Å². The maximum Gasteiger partial charge on any atom is 0.258 e. The molecule has 0 fully saturated rings. The zero-order valence-electron chi connectivity index (χ0n) is 15.8. The molecule has 8 heteroatoms. The van der Waals surface area contributed by atoms with E-state index in [9.17, 15) is 17.6 Å². The van der Waals surface area contributed by atoms with E-state index < -0.39 is 15.8 Å². The van der Waals surface area contributed by atoms with Gasteiger partial charge in [0.15, 0.2) is 0 Å². The standard InChI is InChI=1S/C22H18ClFN2O3S/c23-18-7-5-16(6-8-18)22(27)26-11-10-17-12-15(4-9-21(17)26)14-25-30(28,29)20-3-1-2-19(24)13-20/h1-9,12-13,25H,10-11,14H2. The summed E-state index contributed by atoms with van der Waals surface area (Å²) >= 11 is 5.89. The molecule has 1 N–H and O–H groups in total. The van der Waals surface area contributed by atoms with Gasteiger partial charge >= 0.3 is 0 Å². The first-order valence-electron chi connectivity index (χ1n) is 9.28. The first kappa shape index (κ1) is 20.5. The molecule has 0 unspecified atom stereocenters. The van der Waals surface area contributed by atoms with Crippen LogP contribution in [-0.2, 0) is 23.0 Å². The largest absolute Gasteiger partial charge is 0.308 e. The fourth-order valence-electron chi connectivity index (χ4n) is 3.42. The van der Waals surface area contributed by atoms with Crippen molar-refractivity contribution < 1.29 is 17.6 Å². The Labute approximate surface area is 179 Å². The van der Waals surface area contributed by atoms with Crippen molar-refractivity contribution in [2.75, 3.05) is 11.4 Å². The Balaban J connectivity index is 1.48. The van der Waals surface area contributed by atoms with Crippen molar-refractivity contribution in [3.05, 3.63) is 94.3 Å². The summed E-state index contributed by atoms with van der Waals surface area (Å²) in [5, 5.41) is 0.568. The summed E-state index contributed by atoms with van der Waals surface area (Å²) in [5.74, 6) is -0.717. The number of benzene rings is 3. The van der Waals surface area contributed by atoms with Gasteiger partial charge in [0, 0.05) is 29.4 Å². The van der Waals surface area contributed by atoms with Crippen LogP contribution >= 0.6 is 11.6 Å². The number of carbonyl (C=O) groups excluding carboxylic acids is 1. The summed E-state index contributed by atoms with van der Waals surface area (Å²) in [4.78, 5) is 14.4. The summed E-state index contributed by atoms with van der Waals surface area (Å²) in [6.45, 7) is 0.618. The van der Waals surface area contributed by atoms with E-state index in [4.69, 9.17) is 11.6 Å². The van der Waals surface area contributed by atoms with Crippen LogP contribution in [0.25, 0.3) is 0 Å². The number of anilines is 1. The number of sulfonamides is 1. The van der Waals surface area contributed by atoms with Crippen LogP contribution in [0.2, 0.25) is 5.02 Å². The van der Waals surface area contributed by atoms with Crippen LogP contribution in [0.15, 0.2) is 71.6 Å². The second-order valence-electron chi connectivity index (χ2n) is 6.96. The molecule has 0 saturated heterocycles. The summed E-state index contributed by atoms with van der Waals surface area (Å²) in [6.07, 6.45) is 0.680. The number of carbonyl (C=O) groups is 1. The highest BCUT2D eigenvalue weighted by atomic mass is 35.5. The van der Waals surface area contributed by atoms with Crippen LogP contribution in [0.3, 0.4) is 0 Å². The predicted octanol–water partition coefficient (Wildman–Crippen LogP) is 4.16. The van der Waals surface area contributed by atoms with E-state index >= 15 is 0 Å². The highest BCUT2D eigenvalue weighted by Gasteiger charge is 2.26. The highest BCUT2D eigenvalue weighted by molar-refractivity contribution is 7.89. The van der Waals surface area contributed by atoms with Gasteiger partial charge in [-0.1, -0.05) is 29.8 Å². The zero-order chi connectivity index (χ0) is 21.3. The molecule has 3 aromatic carbocycles. The van der Waals surface area contributed by atoms with Gasteiger partial charge in [0.05, 0.1) is 4.90 Å². The van der Waals surface area contributed by atoms with Gasteiger partial charge in [-0.05, 0) is 66.1 Å². The van der Waals surface area contributed by atoms with Crippen molar-refractivity contribution in [3.63, 3.8) is 0 Å². The molecule has 0 bridgehead atoms. The SMILES string of the molecule is O=C(c1ccc(Cl)cc1)N1CCc2cc(CNS(=O)(=O)c3cccc(F)c3)ccc21. The van der Waals surface area contributed by atoms with Crippen molar-refractivity contribution in [2.24, 2.45) is 0 Å². The number of nitrogens with zero attached hydrogens (tertiary/aromatic N) is 1. The van der Waals surface area contributed by atoms with E-state index in [-0.39, 0.29) is 17.3 Å². The van der Waals surface area contributed by atoms with Gasteiger partial charge in [0.25, 0.3) is 5.91 Å². The molecule has 0 saturated carbocycles. The van der Waals surface area contributed by atoms with E-state index in [2.05, 4.69) is 4.72 Å².